The molecule has 1 aliphatic heterocycles. The highest BCUT2D eigenvalue weighted by Gasteiger charge is 2.22. The van der Waals surface area contributed by atoms with Crippen LogP contribution in [0.1, 0.15) is 36.0 Å². The molecule has 4 rings (SSSR count). The van der Waals surface area contributed by atoms with Gasteiger partial charge in [-0.3, -0.25) is 0 Å². The van der Waals surface area contributed by atoms with Crippen molar-refractivity contribution in [1.29, 1.82) is 0 Å². The van der Waals surface area contributed by atoms with Gasteiger partial charge in [0.15, 0.2) is 0 Å². The third-order valence-electron chi connectivity index (χ3n) is 5.09. The molecule has 4 nitrogen and oxygen atoms in total. The Kier molecular flexibility index (Phi) is 4.28. The normalized spacial score (nSPS) is 19.3. The molecule has 2 aromatic carbocycles. The molecule has 25 heavy (non-hydrogen) atoms. The van der Waals surface area contributed by atoms with Crippen molar-refractivity contribution in [2.45, 2.75) is 38.4 Å². The summed E-state index contributed by atoms with van der Waals surface area (Å²) in [6.45, 7) is 1.35. The number of nitrogens with two attached hydrogens (primary N) is 1. The number of urea groups is 1. The topological polar surface area (TPSA) is 58.4 Å². The van der Waals surface area contributed by atoms with E-state index >= 15 is 0 Å². The van der Waals surface area contributed by atoms with E-state index in [1.807, 2.05) is 29.2 Å². The molecule has 0 saturated heterocycles. The van der Waals surface area contributed by atoms with E-state index in [0.29, 0.717) is 19.1 Å². The molecule has 0 aromatic heterocycles. The number of amides is 2. The number of carbonyl (C=O) groups is 1. The van der Waals surface area contributed by atoms with Gasteiger partial charge in [0.2, 0.25) is 0 Å². The summed E-state index contributed by atoms with van der Waals surface area (Å²) in [5.74, 6) is 0. The average Bonchev–Trinajstić information content (AvgIpc) is 3.07. The standard InChI is InChI=1S/C21H23N3O/c22-19-9-5-15(6-10-19)16-7-11-20(12-8-16)23-21(25)24-13-17-3-1-2-4-18(17)14-24/h1-5,7-8,11-12,19H,6,9-10,13-14,22H2,(H,23,25). The first-order valence-corrected chi connectivity index (χ1v) is 8.87. The number of anilines is 1. The van der Waals surface area contributed by atoms with Crippen LogP contribution in [-0.4, -0.2) is 17.0 Å². The first-order valence-electron chi connectivity index (χ1n) is 8.87. The van der Waals surface area contributed by atoms with Crippen LogP contribution >= 0.6 is 0 Å². The Morgan fingerprint density at radius 2 is 1.72 bits per heavy atom. The largest absolute Gasteiger partial charge is 0.327 e. The first kappa shape index (κ1) is 15.9. The van der Waals surface area contributed by atoms with Crippen LogP contribution in [0.4, 0.5) is 10.5 Å². The summed E-state index contributed by atoms with van der Waals surface area (Å²) < 4.78 is 0. The van der Waals surface area contributed by atoms with Crippen LogP contribution in [0.3, 0.4) is 0 Å². The number of rotatable bonds is 2. The minimum absolute atomic E-state index is 0.0493. The van der Waals surface area contributed by atoms with Gasteiger partial charge in [-0.25, -0.2) is 4.79 Å². The van der Waals surface area contributed by atoms with Crippen LogP contribution in [-0.2, 0) is 13.1 Å². The van der Waals surface area contributed by atoms with Crippen molar-refractivity contribution < 1.29 is 4.79 Å². The van der Waals surface area contributed by atoms with Crippen molar-refractivity contribution in [3.05, 3.63) is 71.3 Å². The van der Waals surface area contributed by atoms with Gasteiger partial charge in [-0.1, -0.05) is 42.5 Å². The van der Waals surface area contributed by atoms with E-state index in [0.717, 1.165) is 24.9 Å². The lowest BCUT2D eigenvalue weighted by molar-refractivity contribution is 0.212. The molecule has 1 aliphatic carbocycles. The second kappa shape index (κ2) is 6.73. The highest BCUT2D eigenvalue weighted by atomic mass is 16.2. The van der Waals surface area contributed by atoms with Crippen molar-refractivity contribution in [1.82, 2.24) is 4.90 Å². The van der Waals surface area contributed by atoms with E-state index < -0.39 is 0 Å². The zero-order chi connectivity index (χ0) is 17.2. The monoisotopic (exact) mass is 333 g/mol. The lowest BCUT2D eigenvalue weighted by Crippen LogP contribution is -2.30. The highest BCUT2D eigenvalue weighted by molar-refractivity contribution is 5.90. The maximum Gasteiger partial charge on any atom is 0.322 e. The molecular formula is C21H23N3O. The number of nitrogens with one attached hydrogen (secondary N) is 1. The summed E-state index contributed by atoms with van der Waals surface area (Å²) in [5.41, 5.74) is 11.8. The Morgan fingerprint density at radius 3 is 2.32 bits per heavy atom. The van der Waals surface area contributed by atoms with E-state index in [4.69, 9.17) is 5.73 Å². The summed E-state index contributed by atoms with van der Waals surface area (Å²) in [6.07, 6.45) is 5.26. The third-order valence-corrected chi connectivity index (χ3v) is 5.09. The quantitative estimate of drug-likeness (QED) is 0.868. The fourth-order valence-electron chi connectivity index (χ4n) is 3.56. The van der Waals surface area contributed by atoms with Gasteiger partial charge in [-0.15, -0.1) is 0 Å². The maximum atomic E-state index is 12.5. The molecule has 128 valence electrons. The van der Waals surface area contributed by atoms with Gasteiger partial charge in [0.05, 0.1) is 0 Å². The molecule has 1 heterocycles. The molecule has 0 bridgehead atoms. The van der Waals surface area contributed by atoms with Gasteiger partial charge in [0.25, 0.3) is 0 Å². The summed E-state index contributed by atoms with van der Waals surface area (Å²) in [4.78, 5) is 14.3. The lowest BCUT2D eigenvalue weighted by atomic mass is 9.91. The number of allylic oxidation sites excluding steroid dienone is 1. The first-order chi connectivity index (χ1) is 12.2. The van der Waals surface area contributed by atoms with Crippen LogP contribution in [0.25, 0.3) is 5.57 Å². The molecule has 0 fully saturated rings. The van der Waals surface area contributed by atoms with Gasteiger partial charge in [0.1, 0.15) is 0 Å². The van der Waals surface area contributed by atoms with Crippen LogP contribution in [0.5, 0.6) is 0 Å². The number of hydrogen-bond donors (Lipinski definition) is 2. The minimum atomic E-state index is -0.0493. The van der Waals surface area contributed by atoms with Gasteiger partial charge in [-0.05, 0) is 53.7 Å². The van der Waals surface area contributed by atoms with E-state index in [1.54, 1.807) is 0 Å². The zero-order valence-corrected chi connectivity index (χ0v) is 14.2. The number of nitrogens with zero attached hydrogens (tertiary/aromatic N) is 1. The van der Waals surface area contributed by atoms with Gasteiger partial charge in [0, 0.05) is 24.8 Å². The molecule has 2 aliphatic rings. The van der Waals surface area contributed by atoms with Gasteiger partial charge in [-0.2, -0.15) is 0 Å². The number of fused-ring (bicyclic) bond motifs is 1. The predicted molar refractivity (Wildman–Crippen MR) is 101 cm³/mol. The molecule has 2 amide bonds. The van der Waals surface area contributed by atoms with E-state index in [2.05, 4.69) is 35.7 Å². The Balaban J connectivity index is 1.39. The summed E-state index contributed by atoms with van der Waals surface area (Å²) in [7, 11) is 0. The van der Waals surface area contributed by atoms with Crippen molar-refractivity contribution in [3.8, 4) is 0 Å². The second-order valence-electron chi connectivity index (χ2n) is 6.90. The predicted octanol–water partition coefficient (Wildman–Crippen LogP) is 4.13. The molecule has 1 unspecified atom stereocenters. The van der Waals surface area contributed by atoms with E-state index in [1.165, 1.54) is 22.3 Å². The van der Waals surface area contributed by atoms with Crippen molar-refractivity contribution in [2.75, 3.05) is 5.32 Å². The summed E-state index contributed by atoms with van der Waals surface area (Å²) in [6, 6.07) is 16.6. The number of benzene rings is 2. The Morgan fingerprint density at radius 1 is 1.04 bits per heavy atom. The van der Waals surface area contributed by atoms with Crippen molar-refractivity contribution in [3.63, 3.8) is 0 Å². The molecule has 0 spiro atoms. The molecule has 0 saturated carbocycles. The fourth-order valence-corrected chi connectivity index (χ4v) is 3.56. The second-order valence-corrected chi connectivity index (χ2v) is 6.90. The van der Waals surface area contributed by atoms with Gasteiger partial charge < -0.3 is 16.0 Å². The molecule has 2 aromatic rings. The Hall–Kier alpha value is -2.59. The minimum Gasteiger partial charge on any atom is -0.327 e. The van der Waals surface area contributed by atoms with Crippen LogP contribution in [0, 0.1) is 0 Å². The smallest absolute Gasteiger partial charge is 0.322 e. The number of carbonyl (C=O) groups excluding carboxylic acids is 1. The third kappa shape index (κ3) is 3.44. The lowest BCUT2D eigenvalue weighted by Gasteiger charge is -2.19. The number of hydrogen-bond acceptors (Lipinski definition) is 2. The maximum absolute atomic E-state index is 12.5. The highest BCUT2D eigenvalue weighted by Crippen LogP contribution is 2.27. The zero-order valence-electron chi connectivity index (χ0n) is 14.2. The summed E-state index contributed by atoms with van der Waals surface area (Å²) in [5, 5.41) is 3.00. The van der Waals surface area contributed by atoms with Gasteiger partial charge >= 0.3 is 6.03 Å². The fraction of sp³-hybridized carbons (Fsp3) is 0.286. The Labute approximate surface area is 148 Å². The molecule has 0 radical (unpaired) electrons. The van der Waals surface area contributed by atoms with Crippen molar-refractivity contribution >= 4 is 17.3 Å². The van der Waals surface area contributed by atoms with Crippen LogP contribution < -0.4 is 11.1 Å². The summed E-state index contributed by atoms with van der Waals surface area (Å²) >= 11 is 0. The Bertz CT molecular complexity index is 785. The SMILES string of the molecule is NC1CC=C(c2ccc(NC(=O)N3Cc4ccccc4C3)cc2)CC1. The molecule has 4 heteroatoms. The van der Waals surface area contributed by atoms with Crippen LogP contribution in [0.15, 0.2) is 54.6 Å². The molecule has 3 N–H and O–H groups in total. The van der Waals surface area contributed by atoms with E-state index in [9.17, 15) is 4.79 Å². The molecular weight excluding hydrogens is 310 g/mol. The van der Waals surface area contributed by atoms with Crippen molar-refractivity contribution in [2.24, 2.45) is 5.73 Å². The van der Waals surface area contributed by atoms with Crippen LogP contribution in [0.2, 0.25) is 0 Å². The average molecular weight is 333 g/mol. The van der Waals surface area contributed by atoms with E-state index in [-0.39, 0.29) is 6.03 Å². The molecule has 1 atom stereocenters.